The van der Waals surface area contributed by atoms with Gasteiger partial charge in [0.05, 0.1) is 0 Å². The van der Waals surface area contributed by atoms with E-state index in [4.69, 9.17) is 0 Å². The highest BCUT2D eigenvalue weighted by atomic mass is 16.3. The first kappa shape index (κ1) is 10.8. The van der Waals surface area contributed by atoms with Gasteiger partial charge in [-0.3, -0.25) is 4.79 Å². The summed E-state index contributed by atoms with van der Waals surface area (Å²) in [5, 5.41) is 9.93. The molecule has 16 heavy (non-hydrogen) atoms. The molecule has 1 aromatic rings. The van der Waals surface area contributed by atoms with E-state index in [0.717, 1.165) is 6.29 Å². The van der Waals surface area contributed by atoms with Gasteiger partial charge in [0.1, 0.15) is 6.29 Å². The Morgan fingerprint density at radius 3 is 2.81 bits per heavy atom. The van der Waals surface area contributed by atoms with Gasteiger partial charge < -0.3 is 14.8 Å². The van der Waals surface area contributed by atoms with E-state index in [1.807, 2.05) is 0 Å². The van der Waals surface area contributed by atoms with Crippen LogP contribution in [0.15, 0.2) is 24.3 Å². The van der Waals surface area contributed by atoms with E-state index < -0.39 is 6.23 Å². The third kappa shape index (κ3) is 1.72. The smallest absolute Gasteiger partial charge is 0.256 e. The van der Waals surface area contributed by atoms with Crippen LogP contribution in [0.4, 0.5) is 0 Å². The van der Waals surface area contributed by atoms with E-state index in [2.05, 4.69) is 0 Å². The van der Waals surface area contributed by atoms with Crippen LogP contribution in [0.2, 0.25) is 0 Å². The van der Waals surface area contributed by atoms with Crippen molar-refractivity contribution in [1.82, 2.24) is 4.90 Å². The van der Waals surface area contributed by atoms with Crippen LogP contribution in [0.5, 0.6) is 0 Å². The largest absolute Gasteiger partial charge is 0.369 e. The lowest BCUT2D eigenvalue weighted by Crippen LogP contribution is -2.29. The molecule has 1 amide bonds. The van der Waals surface area contributed by atoms with Gasteiger partial charge in [-0.25, -0.2) is 0 Å². The summed E-state index contributed by atoms with van der Waals surface area (Å²) in [6.07, 6.45) is 0.947. The highest BCUT2D eigenvalue weighted by molar-refractivity contribution is 5.98. The van der Waals surface area contributed by atoms with Crippen LogP contribution in [-0.2, 0) is 4.79 Å². The van der Waals surface area contributed by atoms with E-state index in [1.165, 1.54) is 4.90 Å². The summed E-state index contributed by atoms with van der Waals surface area (Å²) in [4.78, 5) is 23.5. The van der Waals surface area contributed by atoms with Crippen LogP contribution in [0.1, 0.15) is 35.0 Å². The number of aliphatic hydroxyl groups excluding tert-OH is 1. The molecule has 2 rings (SSSR count). The van der Waals surface area contributed by atoms with E-state index in [1.54, 1.807) is 24.3 Å². The Kier molecular flexibility index (Phi) is 3.01. The predicted octanol–water partition coefficient (Wildman–Crippen LogP) is 1.11. The third-order valence-electron chi connectivity index (χ3n) is 2.75. The van der Waals surface area contributed by atoms with Crippen molar-refractivity contribution in [2.24, 2.45) is 0 Å². The van der Waals surface area contributed by atoms with Crippen molar-refractivity contribution in [1.29, 1.82) is 0 Å². The third-order valence-corrected chi connectivity index (χ3v) is 2.75. The Morgan fingerprint density at radius 1 is 1.38 bits per heavy atom. The first-order valence-corrected chi connectivity index (χ1v) is 5.27. The van der Waals surface area contributed by atoms with Crippen LogP contribution >= 0.6 is 0 Å². The van der Waals surface area contributed by atoms with Gasteiger partial charge in [-0.2, -0.15) is 0 Å². The van der Waals surface area contributed by atoms with E-state index in [-0.39, 0.29) is 5.91 Å². The second-order valence-corrected chi connectivity index (χ2v) is 3.77. The van der Waals surface area contributed by atoms with Gasteiger partial charge in [-0.1, -0.05) is 18.2 Å². The Morgan fingerprint density at radius 2 is 2.12 bits per heavy atom. The first-order valence-electron chi connectivity index (χ1n) is 5.27. The molecule has 84 valence electrons. The van der Waals surface area contributed by atoms with Crippen LogP contribution in [0.3, 0.4) is 0 Å². The maximum atomic E-state index is 11.9. The SMILES string of the molecule is O=CCCCN1C(=O)c2ccccc2C1O. The number of hydrogen-bond donors (Lipinski definition) is 1. The average Bonchev–Trinajstić information content (AvgIpc) is 2.55. The van der Waals surface area contributed by atoms with E-state index >= 15 is 0 Å². The zero-order valence-corrected chi connectivity index (χ0v) is 8.80. The number of rotatable bonds is 4. The second-order valence-electron chi connectivity index (χ2n) is 3.77. The standard InChI is InChI=1S/C12H13NO3/c14-8-4-3-7-13-11(15)9-5-1-2-6-10(9)12(13)16/h1-2,5-6,8,11,15H,3-4,7H2. The maximum Gasteiger partial charge on any atom is 0.256 e. The number of unbranched alkanes of at least 4 members (excludes halogenated alkanes) is 1. The molecule has 0 fully saturated rings. The number of carbonyl (C=O) groups is 2. The van der Waals surface area contributed by atoms with Crippen molar-refractivity contribution < 1.29 is 14.7 Å². The fourth-order valence-electron chi connectivity index (χ4n) is 1.92. The van der Waals surface area contributed by atoms with Gasteiger partial charge >= 0.3 is 0 Å². The Bertz CT molecular complexity index is 416. The molecule has 1 aromatic carbocycles. The molecule has 0 aliphatic carbocycles. The topological polar surface area (TPSA) is 57.6 Å². The number of amides is 1. The van der Waals surface area contributed by atoms with Crippen LogP contribution in [0.25, 0.3) is 0 Å². The molecule has 1 heterocycles. The van der Waals surface area contributed by atoms with Crippen molar-refractivity contribution in [3.05, 3.63) is 35.4 Å². The number of carbonyl (C=O) groups excluding carboxylic acids is 2. The highest BCUT2D eigenvalue weighted by Crippen LogP contribution is 2.31. The molecule has 1 unspecified atom stereocenters. The number of nitrogens with zero attached hydrogens (tertiary/aromatic N) is 1. The molecule has 0 spiro atoms. The van der Waals surface area contributed by atoms with Gasteiger partial charge in [0.15, 0.2) is 6.23 Å². The van der Waals surface area contributed by atoms with E-state index in [0.29, 0.717) is 30.5 Å². The number of hydrogen-bond acceptors (Lipinski definition) is 3. The van der Waals surface area contributed by atoms with Crippen LogP contribution in [0, 0.1) is 0 Å². The molecule has 0 aromatic heterocycles. The predicted molar refractivity (Wildman–Crippen MR) is 57.7 cm³/mol. The maximum absolute atomic E-state index is 11.9. The van der Waals surface area contributed by atoms with E-state index in [9.17, 15) is 14.7 Å². The number of fused-ring (bicyclic) bond motifs is 1. The molecular weight excluding hydrogens is 206 g/mol. The zero-order chi connectivity index (χ0) is 11.5. The quantitative estimate of drug-likeness (QED) is 0.609. The molecule has 0 bridgehead atoms. The van der Waals surface area contributed by atoms with Crippen LogP contribution < -0.4 is 0 Å². The zero-order valence-electron chi connectivity index (χ0n) is 8.80. The molecule has 1 aliphatic rings. The summed E-state index contributed by atoms with van der Waals surface area (Å²) in [6.45, 7) is 0.410. The van der Waals surface area contributed by atoms with Gasteiger partial charge in [-0.05, 0) is 12.5 Å². The molecular formula is C12H13NO3. The number of benzene rings is 1. The molecule has 4 heteroatoms. The molecule has 4 nitrogen and oxygen atoms in total. The average molecular weight is 219 g/mol. The molecule has 0 saturated carbocycles. The van der Waals surface area contributed by atoms with Gasteiger partial charge in [0, 0.05) is 24.1 Å². The van der Waals surface area contributed by atoms with Crippen molar-refractivity contribution in [2.45, 2.75) is 19.1 Å². The minimum Gasteiger partial charge on any atom is -0.369 e. The number of aliphatic hydroxyl groups is 1. The monoisotopic (exact) mass is 219 g/mol. The first-order chi connectivity index (χ1) is 7.75. The molecule has 1 aliphatic heterocycles. The molecule has 0 radical (unpaired) electrons. The minimum absolute atomic E-state index is 0.158. The molecule has 1 N–H and O–H groups in total. The van der Waals surface area contributed by atoms with Gasteiger partial charge in [0.25, 0.3) is 5.91 Å². The summed E-state index contributed by atoms with van der Waals surface area (Å²) < 4.78 is 0. The Hall–Kier alpha value is -1.68. The summed E-state index contributed by atoms with van der Waals surface area (Å²) in [6, 6.07) is 7.03. The normalized spacial score (nSPS) is 18.7. The molecule has 1 atom stereocenters. The Labute approximate surface area is 93.5 Å². The minimum atomic E-state index is -0.865. The lowest BCUT2D eigenvalue weighted by Gasteiger charge is -2.20. The van der Waals surface area contributed by atoms with Crippen molar-refractivity contribution in [3.8, 4) is 0 Å². The van der Waals surface area contributed by atoms with Crippen LogP contribution in [-0.4, -0.2) is 28.7 Å². The van der Waals surface area contributed by atoms with Crippen molar-refractivity contribution in [3.63, 3.8) is 0 Å². The number of aldehydes is 1. The lowest BCUT2D eigenvalue weighted by molar-refractivity contribution is -0.108. The summed E-state index contributed by atoms with van der Waals surface area (Å²) in [7, 11) is 0. The fourth-order valence-corrected chi connectivity index (χ4v) is 1.92. The second kappa shape index (κ2) is 4.45. The lowest BCUT2D eigenvalue weighted by atomic mass is 10.1. The van der Waals surface area contributed by atoms with Crippen molar-refractivity contribution >= 4 is 12.2 Å². The van der Waals surface area contributed by atoms with Gasteiger partial charge in [-0.15, -0.1) is 0 Å². The molecule has 0 saturated heterocycles. The summed E-state index contributed by atoms with van der Waals surface area (Å²) in [5.74, 6) is -0.158. The Balaban J connectivity index is 2.15. The van der Waals surface area contributed by atoms with Crippen molar-refractivity contribution in [2.75, 3.05) is 6.54 Å². The summed E-state index contributed by atoms with van der Waals surface area (Å²) in [5.41, 5.74) is 1.21. The summed E-state index contributed by atoms with van der Waals surface area (Å²) >= 11 is 0. The fraction of sp³-hybridized carbons (Fsp3) is 0.333. The van der Waals surface area contributed by atoms with Gasteiger partial charge in [0.2, 0.25) is 0 Å². The highest BCUT2D eigenvalue weighted by Gasteiger charge is 2.34.